The van der Waals surface area contributed by atoms with Crippen molar-refractivity contribution in [1.82, 2.24) is 14.9 Å². The molecule has 1 saturated heterocycles. The van der Waals surface area contributed by atoms with Crippen LogP contribution in [0.2, 0.25) is 0 Å². The lowest BCUT2D eigenvalue weighted by molar-refractivity contribution is -0.137. The molecule has 1 amide bonds. The van der Waals surface area contributed by atoms with Gasteiger partial charge in [-0.05, 0) is 36.4 Å². The summed E-state index contributed by atoms with van der Waals surface area (Å²) in [5.74, 6) is 1.22. The van der Waals surface area contributed by atoms with Crippen molar-refractivity contribution in [3.8, 4) is 5.75 Å². The van der Waals surface area contributed by atoms with E-state index in [2.05, 4.69) is 9.97 Å². The first-order chi connectivity index (χ1) is 11.7. The summed E-state index contributed by atoms with van der Waals surface area (Å²) in [5.41, 5.74) is 1.95. The molecule has 2 heterocycles. The van der Waals surface area contributed by atoms with Crippen LogP contribution < -0.4 is 4.74 Å². The van der Waals surface area contributed by atoms with E-state index in [9.17, 15) is 9.18 Å². The van der Waals surface area contributed by atoms with Gasteiger partial charge in [0, 0.05) is 13.1 Å². The van der Waals surface area contributed by atoms with Crippen molar-refractivity contribution in [2.45, 2.75) is 5.92 Å². The number of amides is 1. The van der Waals surface area contributed by atoms with Crippen LogP contribution in [0.25, 0.3) is 11.0 Å². The lowest BCUT2D eigenvalue weighted by atomic mass is 9.99. The molecule has 1 N–H and O–H groups in total. The third kappa shape index (κ3) is 2.82. The Labute approximate surface area is 138 Å². The summed E-state index contributed by atoms with van der Waals surface area (Å²) < 4.78 is 18.2. The number of para-hydroxylation sites is 2. The lowest BCUT2D eigenvalue weighted by Gasteiger charge is -2.38. The molecule has 5 nitrogen and oxygen atoms in total. The second kappa shape index (κ2) is 5.96. The number of benzene rings is 2. The fourth-order valence-corrected chi connectivity index (χ4v) is 2.79. The van der Waals surface area contributed by atoms with E-state index >= 15 is 0 Å². The highest BCUT2D eigenvalue weighted by Gasteiger charge is 2.33. The van der Waals surface area contributed by atoms with Gasteiger partial charge in [-0.1, -0.05) is 12.1 Å². The highest BCUT2D eigenvalue weighted by molar-refractivity contribution is 5.79. The molecule has 0 spiro atoms. The molecule has 3 aromatic rings. The van der Waals surface area contributed by atoms with Gasteiger partial charge in [0.2, 0.25) is 0 Å². The number of hydrogen-bond donors (Lipinski definition) is 1. The maximum Gasteiger partial charge on any atom is 0.260 e. The topological polar surface area (TPSA) is 58.2 Å². The van der Waals surface area contributed by atoms with E-state index in [0.29, 0.717) is 18.8 Å². The van der Waals surface area contributed by atoms with Gasteiger partial charge in [0.1, 0.15) is 17.4 Å². The molecule has 0 unspecified atom stereocenters. The van der Waals surface area contributed by atoms with Crippen molar-refractivity contribution < 1.29 is 13.9 Å². The Morgan fingerprint density at radius 3 is 2.71 bits per heavy atom. The molecule has 122 valence electrons. The lowest BCUT2D eigenvalue weighted by Crippen LogP contribution is -2.50. The van der Waals surface area contributed by atoms with E-state index in [4.69, 9.17) is 4.74 Å². The third-order valence-corrected chi connectivity index (χ3v) is 4.20. The van der Waals surface area contributed by atoms with E-state index < -0.39 is 0 Å². The number of fused-ring (bicyclic) bond motifs is 1. The number of H-pyrrole nitrogens is 1. The Bertz CT molecular complexity index is 836. The van der Waals surface area contributed by atoms with Crippen LogP contribution in [0.1, 0.15) is 11.7 Å². The zero-order valence-electron chi connectivity index (χ0n) is 12.9. The Morgan fingerprint density at radius 2 is 1.96 bits per heavy atom. The quantitative estimate of drug-likeness (QED) is 0.802. The molecule has 1 aromatic heterocycles. The Hall–Kier alpha value is -2.89. The van der Waals surface area contributed by atoms with E-state index in [1.807, 2.05) is 24.3 Å². The molecule has 6 heteroatoms. The van der Waals surface area contributed by atoms with Gasteiger partial charge in [0.15, 0.2) is 6.61 Å². The van der Waals surface area contributed by atoms with Gasteiger partial charge in [-0.25, -0.2) is 9.37 Å². The van der Waals surface area contributed by atoms with Gasteiger partial charge in [-0.3, -0.25) is 4.79 Å². The maximum atomic E-state index is 12.8. The number of likely N-dealkylation sites (tertiary alicyclic amines) is 1. The number of carbonyl (C=O) groups excluding carboxylic acids is 1. The molecule has 2 aromatic carbocycles. The summed E-state index contributed by atoms with van der Waals surface area (Å²) in [6.07, 6.45) is 0. The normalized spacial score (nSPS) is 14.6. The zero-order valence-corrected chi connectivity index (χ0v) is 12.9. The van der Waals surface area contributed by atoms with E-state index in [0.717, 1.165) is 16.9 Å². The number of halogens is 1. The van der Waals surface area contributed by atoms with E-state index in [1.165, 1.54) is 24.3 Å². The molecular weight excluding hydrogens is 309 g/mol. The minimum absolute atomic E-state index is 0.0432. The van der Waals surface area contributed by atoms with Gasteiger partial charge in [0.25, 0.3) is 5.91 Å². The average molecular weight is 325 g/mol. The summed E-state index contributed by atoms with van der Waals surface area (Å²) in [5, 5.41) is 0. The predicted octanol–water partition coefficient (Wildman–Crippen LogP) is 2.71. The number of ether oxygens (including phenoxy) is 1. The number of nitrogens with one attached hydrogen (secondary N) is 1. The molecular formula is C18H16FN3O2. The summed E-state index contributed by atoms with van der Waals surface area (Å²) >= 11 is 0. The van der Waals surface area contributed by atoms with Gasteiger partial charge >= 0.3 is 0 Å². The van der Waals surface area contributed by atoms with Crippen LogP contribution in [0.15, 0.2) is 48.5 Å². The molecule has 1 aliphatic rings. The first-order valence-corrected chi connectivity index (χ1v) is 7.80. The van der Waals surface area contributed by atoms with Crippen molar-refractivity contribution in [2.24, 2.45) is 0 Å². The van der Waals surface area contributed by atoms with Crippen molar-refractivity contribution in [3.05, 3.63) is 60.2 Å². The molecule has 0 bridgehead atoms. The van der Waals surface area contributed by atoms with Gasteiger partial charge in [-0.2, -0.15) is 0 Å². The number of rotatable bonds is 4. The highest BCUT2D eigenvalue weighted by Crippen LogP contribution is 2.26. The summed E-state index contributed by atoms with van der Waals surface area (Å²) in [6.45, 7) is 1.22. The number of imidazole rings is 1. The van der Waals surface area contributed by atoms with Crippen molar-refractivity contribution in [2.75, 3.05) is 19.7 Å². The number of aromatic amines is 1. The standard InChI is InChI=1S/C18H16FN3O2/c19-13-5-7-14(8-6-13)24-11-17(23)22-9-12(10-22)18-20-15-3-1-2-4-16(15)21-18/h1-8,12H,9-11H2,(H,20,21). The minimum Gasteiger partial charge on any atom is -0.484 e. The number of hydrogen-bond acceptors (Lipinski definition) is 3. The molecule has 0 aliphatic carbocycles. The van der Waals surface area contributed by atoms with Crippen LogP contribution >= 0.6 is 0 Å². The Balaban J connectivity index is 1.31. The molecule has 4 rings (SSSR count). The monoisotopic (exact) mass is 325 g/mol. The zero-order chi connectivity index (χ0) is 16.5. The molecule has 0 atom stereocenters. The van der Waals surface area contributed by atoms with Crippen molar-refractivity contribution in [3.63, 3.8) is 0 Å². The first-order valence-electron chi connectivity index (χ1n) is 7.80. The Morgan fingerprint density at radius 1 is 1.21 bits per heavy atom. The second-order valence-corrected chi connectivity index (χ2v) is 5.88. The van der Waals surface area contributed by atoms with Gasteiger partial charge in [-0.15, -0.1) is 0 Å². The minimum atomic E-state index is -0.329. The molecule has 1 aliphatic heterocycles. The third-order valence-electron chi connectivity index (χ3n) is 4.20. The van der Waals surface area contributed by atoms with Gasteiger partial charge in [0.05, 0.1) is 17.0 Å². The summed E-state index contributed by atoms with van der Waals surface area (Å²) in [7, 11) is 0. The fourth-order valence-electron chi connectivity index (χ4n) is 2.79. The predicted molar refractivity (Wildman–Crippen MR) is 87.3 cm³/mol. The van der Waals surface area contributed by atoms with Crippen LogP contribution in [-0.4, -0.2) is 40.5 Å². The number of nitrogens with zero attached hydrogens (tertiary/aromatic N) is 2. The van der Waals surface area contributed by atoms with E-state index in [1.54, 1.807) is 4.90 Å². The number of carbonyl (C=O) groups is 1. The molecule has 1 fully saturated rings. The SMILES string of the molecule is O=C(COc1ccc(F)cc1)N1CC(c2nc3ccccc3[nH]2)C1. The highest BCUT2D eigenvalue weighted by atomic mass is 19.1. The van der Waals surface area contributed by atoms with Crippen molar-refractivity contribution in [1.29, 1.82) is 0 Å². The van der Waals surface area contributed by atoms with Crippen LogP contribution in [0.3, 0.4) is 0 Å². The fraction of sp³-hybridized carbons (Fsp3) is 0.222. The van der Waals surface area contributed by atoms with Crippen LogP contribution in [0.5, 0.6) is 5.75 Å². The summed E-state index contributed by atoms with van der Waals surface area (Å²) in [6, 6.07) is 13.5. The molecule has 24 heavy (non-hydrogen) atoms. The van der Waals surface area contributed by atoms with E-state index in [-0.39, 0.29) is 24.2 Å². The van der Waals surface area contributed by atoms with Crippen LogP contribution in [0, 0.1) is 5.82 Å². The molecule has 0 saturated carbocycles. The second-order valence-electron chi connectivity index (χ2n) is 5.88. The van der Waals surface area contributed by atoms with Crippen molar-refractivity contribution >= 4 is 16.9 Å². The van der Waals surface area contributed by atoms with Crippen LogP contribution in [0.4, 0.5) is 4.39 Å². The first kappa shape index (κ1) is 14.7. The maximum absolute atomic E-state index is 12.8. The van der Waals surface area contributed by atoms with Crippen LogP contribution in [-0.2, 0) is 4.79 Å². The van der Waals surface area contributed by atoms with Gasteiger partial charge < -0.3 is 14.6 Å². The average Bonchev–Trinajstić information content (AvgIpc) is 2.96. The Kier molecular flexibility index (Phi) is 3.65. The summed E-state index contributed by atoms with van der Waals surface area (Å²) in [4.78, 5) is 21.7. The smallest absolute Gasteiger partial charge is 0.260 e. The number of aromatic nitrogens is 2. The largest absolute Gasteiger partial charge is 0.484 e. The molecule has 0 radical (unpaired) electrons.